The van der Waals surface area contributed by atoms with Gasteiger partial charge in [0.05, 0.1) is 0 Å². The number of hydrogen-bond donors (Lipinski definition) is 1. The molecule has 0 aliphatic rings. The van der Waals surface area contributed by atoms with Gasteiger partial charge in [-0.05, 0) is 30.5 Å². The van der Waals surface area contributed by atoms with Gasteiger partial charge in [-0.2, -0.15) is 0 Å². The van der Waals surface area contributed by atoms with Crippen LogP contribution in [0.4, 0.5) is 0 Å². The maximum Gasteiger partial charge on any atom is 0.220 e. The number of carbonyl (C=O) groups excluding carboxylic acids is 1. The summed E-state index contributed by atoms with van der Waals surface area (Å²) < 4.78 is 2.12. The molecule has 0 atom stereocenters. The molecule has 0 aliphatic carbocycles. The van der Waals surface area contributed by atoms with Crippen LogP contribution >= 0.6 is 11.8 Å². The first-order valence-electron chi connectivity index (χ1n) is 9.71. The number of nitrogens with one attached hydrogen (secondary N) is 1. The Labute approximate surface area is 170 Å². The zero-order valence-corrected chi connectivity index (χ0v) is 17.0. The van der Waals surface area contributed by atoms with E-state index in [-0.39, 0.29) is 5.91 Å². The summed E-state index contributed by atoms with van der Waals surface area (Å²) in [6, 6.07) is 20.5. The van der Waals surface area contributed by atoms with E-state index >= 15 is 0 Å². The molecular weight excluding hydrogens is 368 g/mol. The molecule has 0 spiro atoms. The van der Waals surface area contributed by atoms with Crippen molar-refractivity contribution in [2.24, 2.45) is 0 Å². The Bertz CT molecular complexity index is 865. The molecule has 146 valence electrons. The van der Waals surface area contributed by atoms with Gasteiger partial charge in [-0.1, -0.05) is 67.2 Å². The fourth-order valence-electron chi connectivity index (χ4n) is 2.87. The van der Waals surface area contributed by atoms with Gasteiger partial charge in [0.15, 0.2) is 5.16 Å². The molecule has 0 saturated heterocycles. The number of aromatic nitrogens is 3. The summed E-state index contributed by atoms with van der Waals surface area (Å²) in [5, 5.41) is 12.7. The number of hydrogen-bond acceptors (Lipinski definition) is 4. The molecule has 1 amide bonds. The first-order chi connectivity index (χ1) is 13.8. The van der Waals surface area contributed by atoms with Gasteiger partial charge in [-0.15, -0.1) is 10.2 Å². The van der Waals surface area contributed by atoms with Gasteiger partial charge in [0.25, 0.3) is 0 Å². The molecule has 0 unspecified atom stereocenters. The second-order valence-electron chi connectivity index (χ2n) is 6.53. The largest absolute Gasteiger partial charge is 0.356 e. The summed E-state index contributed by atoms with van der Waals surface area (Å²) in [4.78, 5) is 11.8. The molecule has 6 heteroatoms. The highest BCUT2D eigenvalue weighted by molar-refractivity contribution is 7.99. The van der Waals surface area contributed by atoms with Crippen molar-refractivity contribution < 1.29 is 4.79 Å². The first kappa shape index (κ1) is 20.1. The fraction of sp³-hybridized carbons (Fsp3) is 0.318. The SMILES string of the molecule is CCCNC(=O)CCCSc1nnc(Cc2ccccc2)n1-c1ccccc1. The lowest BCUT2D eigenvalue weighted by Gasteiger charge is -2.10. The van der Waals surface area contributed by atoms with Crippen LogP contribution in [-0.4, -0.2) is 33.0 Å². The molecule has 0 bridgehead atoms. The third-order valence-corrected chi connectivity index (χ3v) is 5.29. The van der Waals surface area contributed by atoms with E-state index in [2.05, 4.69) is 51.3 Å². The minimum Gasteiger partial charge on any atom is -0.356 e. The highest BCUT2D eigenvalue weighted by Crippen LogP contribution is 2.24. The van der Waals surface area contributed by atoms with E-state index in [1.54, 1.807) is 11.8 Å². The van der Waals surface area contributed by atoms with Crippen molar-refractivity contribution in [1.82, 2.24) is 20.1 Å². The second kappa shape index (κ2) is 10.7. The third kappa shape index (κ3) is 5.70. The predicted octanol–water partition coefficient (Wildman–Crippen LogP) is 4.26. The van der Waals surface area contributed by atoms with E-state index in [0.29, 0.717) is 6.42 Å². The Hall–Kier alpha value is -2.60. The molecule has 0 aliphatic heterocycles. The van der Waals surface area contributed by atoms with E-state index in [4.69, 9.17) is 0 Å². The molecule has 1 heterocycles. The van der Waals surface area contributed by atoms with E-state index < -0.39 is 0 Å². The van der Waals surface area contributed by atoms with Crippen molar-refractivity contribution in [1.29, 1.82) is 0 Å². The summed E-state index contributed by atoms with van der Waals surface area (Å²) in [5.74, 6) is 1.87. The maximum atomic E-state index is 11.8. The van der Waals surface area contributed by atoms with Crippen LogP contribution in [0.5, 0.6) is 0 Å². The van der Waals surface area contributed by atoms with Crippen molar-refractivity contribution in [3.05, 3.63) is 72.1 Å². The minimum absolute atomic E-state index is 0.122. The molecule has 0 fully saturated rings. The molecule has 1 N–H and O–H groups in total. The van der Waals surface area contributed by atoms with Crippen LogP contribution in [0, 0.1) is 0 Å². The van der Waals surface area contributed by atoms with E-state index in [1.165, 1.54) is 5.56 Å². The zero-order valence-electron chi connectivity index (χ0n) is 16.2. The van der Waals surface area contributed by atoms with Crippen LogP contribution in [0.15, 0.2) is 65.8 Å². The smallest absolute Gasteiger partial charge is 0.220 e. The van der Waals surface area contributed by atoms with Crippen molar-refractivity contribution in [2.45, 2.75) is 37.8 Å². The van der Waals surface area contributed by atoms with Gasteiger partial charge >= 0.3 is 0 Å². The molecule has 3 rings (SSSR count). The molecular formula is C22H26N4OS. The highest BCUT2D eigenvalue weighted by Gasteiger charge is 2.15. The van der Waals surface area contributed by atoms with E-state index in [0.717, 1.165) is 48.2 Å². The van der Waals surface area contributed by atoms with Gasteiger partial charge in [0.1, 0.15) is 5.82 Å². The molecule has 5 nitrogen and oxygen atoms in total. The third-order valence-electron chi connectivity index (χ3n) is 4.27. The number of nitrogens with zero attached hydrogens (tertiary/aromatic N) is 3. The highest BCUT2D eigenvalue weighted by atomic mass is 32.2. The summed E-state index contributed by atoms with van der Waals surface area (Å²) in [6.45, 7) is 2.80. The first-order valence-corrected chi connectivity index (χ1v) is 10.7. The lowest BCUT2D eigenvalue weighted by Crippen LogP contribution is -2.23. The predicted molar refractivity (Wildman–Crippen MR) is 114 cm³/mol. The average molecular weight is 395 g/mol. The molecule has 0 saturated carbocycles. The monoisotopic (exact) mass is 394 g/mol. The summed E-state index contributed by atoms with van der Waals surface area (Å²) in [6.07, 6.45) is 3.05. The van der Waals surface area contributed by atoms with E-state index in [9.17, 15) is 4.79 Å². The van der Waals surface area contributed by atoms with Crippen LogP contribution in [0.3, 0.4) is 0 Å². The number of rotatable bonds is 10. The number of thioether (sulfide) groups is 1. The molecule has 2 aromatic carbocycles. The van der Waals surface area contributed by atoms with Gasteiger partial charge in [0.2, 0.25) is 5.91 Å². The lowest BCUT2D eigenvalue weighted by atomic mass is 10.1. The maximum absolute atomic E-state index is 11.8. The van der Waals surface area contributed by atoms with Crippen LogP contribution in [0.2, 0.25) is 0 Å². The van der Waals surface area contributed by atoms with Crippen LogP contribution < -0.4 is 5.32 Å². The van der Waals surface area contributed by atoms with Gasteiger partial charge < -0.3 is 5.32 Å². The molecule has 1 aromatic heterocycles. The quantitative estimate of drug-likeness (QED) is 0.412. The topological polar surface area (TPSA) is 59.8 Å². The van der Waals surface area contributed by atoms with Crippen LogP contribution in [0.25, 0.3) is 5.69 Å². The minimum atomic E-state index is 0.122. The van der Waals surface area contributed by atoms with Crippen LogP contribution in [-0.2, 0) is 11.2 Å². The summed E-state index contributed by atoms with van der Waals surface area (Å²) in [7, 11) is 0. The number of carbonyl (C=O) groups is 1. The average Bonchev–Trinajstić information content (AvgIpc) is 3.13. The Balaban J connectivity index is 1.69. The van der Waals surface area contributed by atoms with Crippen molar-refractivity contribution in [2.75, 3.05) is 12.3 Å². The number of amides is 1. The standard InChI is InChI=1S/C22H26N4OS/c1-2-15-23-21(27)14-9-16-28-22-25-24-20(17-18-10-5-3-6-11-18)26(22)19-12-7-4-8-13-19/h3-8,10-13H,2,9,14-17H2,1H3,(H,23,27). The van der Waals surface area contributed by atoms with E-state index in [1.807, 2.05) is 36.4 Å². The lowest BCUT2D eigenvalue weighted by molar-refractivity contribution is -0.121. The summed E-state index contributed by atoms with van der Waals surface area (Å²) >= 11 is 1.65. The molecule has 0 radical (unpaired) electrons. The fourth-order valence-corrected chi connectivity index (χ4v) is 3.78. The Morgan fingerprint density at radius 2 is 1.75 bits per heavy atom. The van der Waals surface area contributed by atoms with Crippen LogP contribution in [0.1, 0.15) is 37.6 Å². The Morgan fingerprint density at radius 3 is 2.46 bits per heavy atom. The normalized spacial score (nSPS) is 10.8. The summed E-state index contributed by atoms with van der Waals surface area (Å²) in [5.41, 5.74) is 2.26. The Kier molecular flexibility index (Phi) is 7.67. The van der Waals surface area contributed by atoms with Crippen molar-refractivity contribution >= 4 is 17.7 Å². The number of benzene rings is 2. The van der Waals surface area contributed by atoms with Gasteiger partial charge in [-0.3, -0.25) is 9.36 Å². The number of para-hydroxylation sites is 1. The second-order valence-corrected chi connectivity index (χ2v) is 7.60. The molecule has 3 aromatic rings. The molecule has 28 heavy (non-hydrogen) atoms. The van der Waals surface area contributed by atoms with Gasteiger partial charge in [-0.25, -0.2) is 0 Å². The Morgan fingerprint density at radius 1 is 1.04 bits per heavy atom. The zero-order chi connectivity index (χ0) is 19.6. The van der Waals surface area contributed by atoms with Gasteiger partial charge in [0, 0.05) is 30.8 Å². The van der Waals surface area contributed by atoms with Crippen molar-refractivity contribution in [3.63, 3.8) is 0 Å². The van der Waals surface area contributed by atoms with Crippen molar-refractivity contribution in [3.8, 4) is 5.69 Å².